The van der Waals surface area contributed by atoms with E-state index in [-0.39, 0.29) is 13.0 Å². The van der Waals surface area contributed by atoms with Gasteiger partial charge in [-0.3, -0.25) is 5.01 Å². The van der Waals surface area contributed by atoms with E-state index in [1.807, 2.05) is 0 Å². The summed E-state index contributed by atoms with van der Waals surface area (Å²) in [5, 5.41) is 4.78. The minimum absolute atomic E-state index is 0.139. The molecule has 1 aromatic rings. The third kappa shape index (κ3) is 2.40. The summed E-state index contributed by atoms with van der Waals surface area (Å²) in [6, 6.07) is 3.92. The van der Waals surface area contributed by atoms with Crippen LogP contribution in [0.15, 0.2) is 23.3 Å². The van der Waals surface area contributed by atoms with E-state index in [1.54, 1.807) is 6.92 Å². The first-order chi connectivity index (χ1) is 7.88. The fourth-order valence-electron chi connectivity index (χ4n) is 1.74. The quantitative estimate of drug-likeness (QED) is 0.694. The van der Waals surface area contributed by atoms with E-state index in [0.717, 1.165) is 0 Å². The van der Waals surface area contributed by atoms with E-state index in [4.69, 9.17) is 0 Å². The highest BCUT2D eigenvalue weighted by atomic mass is 19.4. The van der Waals surface area contributed by atoms with Gasteiger partial charge in [0.15, 0.2) is 0 Å². The molecule has 0 radical (unpaired) electrons. The fraction of sp³-hybridized carbons (Fsp3) is 0.364. The van der Waals surface area contributed by atoms with Gasteiger partial charge in [-0.2, -0.15) is 18.3 Å². The number of hydrazone groups is 1. The Hall–Kier alpha value is -1.59. The number of halogens is 4. The lowest BCUT2D eigenvalue weighted by Crippen LogP contribution is -2.20. The van der Waals surface area contributed by atoms with Crippen molar-refractivity contribution in [2.45, 2.75) is 19.5 Å². The van der Waals surface area contributed by atoms with Crippen LogP contribution in [0.4, 0.5) is 23.2 Å². The molecule has 0 amide bonds. The van der Waals surface area contributed by atoms with Gasteiger partial charge < -0.3 is 0 Å². The molecule has 6 heteroatoms. The van der Waals surface area contributed by atoms with Crippen molar-refractivity contribution >= 4 is 11.4 Å². The molecule has 0 bridgehead atoms. The Bertz CT molecular complexity index is 465. The van der Waals surface area contributed by atoms with Crippen LogP contribution in [0.1, 0.15) is 12.0 Å². The van der Waals surface area contributed by atoms with E-state index in [9.17, 15) is 17.6 Å². The van der Waals surface area contributed by atoms with Crippen LogP contribution in [0.3, 0.4) is 0 Å². The van der Waals surface area contributed by atoms with Gasteiger partial charge in [0.2, 0.25) is 0 Å². The van der Waals surface area contributed by atoms with E-state index < -0.39 is 17.7 Å². The van der Waals surface area contributed by atoms with Crippen molar-refractivity contribution in [2.24, 2.45) is 5.10 Å². The average molecular weight is 246 g/mol. The molecule has 0 aromatic heterocycles. The van der Waals surface area contributed by atoms with Gasteiger partial charge in [-0.15, -0.1) is 0 Å². The second-order valence-electron chi connectivity index (χ2n) is 3.85. The molecular weight excluding hydrogens is 236 g/mol. The summed E-state index contributed by atoms with van der Waals surface area (Å²) in [6.07, 6.45) is -4.52. The standard InChI is InChI=1S/C11H10F4N2/c1-7-6-8(12)2-3-9(7)17-5-4-10(16-17)11(13,14)15/h2-3,6H,4-5H2,1H3. The molecule has 2 rings (SSSR count). The molecule has 92 valence electrons. The van der Waals surface area contributed by atoms with E-state index in [0.29, 0.717) is 11.3 Å². The van der Waals surface area contributed by atoms with Crippen molar-refractivity contribution in [2.75, 3.05) is 11.6 Å². The molecule has 0 aliphatic carbocycles. The molecular formula is C11H10F4N2. The lowest BCUT2D eigenvalue weighted by molar-refractivity contribution is -0.0598. The van der Waals surface area contributed by atoms with Crippen LogP contribution in [-0.4, -0.2) is 18.4 Å². The third-order valence-corrected chi connectivity index (χ3v) is 2.57. The third-order valence-electron chi connectivity index (χ3n) is 2.57. The van der Waals surface area contributed by atoms with Crippen LogP contribution < -0.4 is 5.01 Å². The smallest absolute Gasteiger partial charge is 0.265 e. The molecule has 0 N–H and O–H groups in total. The molecule has 1 heterocycles. The van der Waals surface area contributed by atoms with Gasteiger partial charge in [0.05, 0.1) is 5.69 Å². The highest BCUT2D eigenvalue weighted by molar-refractivity contribution is 5.92. The lowest BCUT2D eigenvalue weighted by atomic mass is 10.2. The highest BCUT2D eigenvalue weighted by Gasteiger charge is 2.39. The maximum Gasteiger partial charge on any atom is 0.431 e. The second-order valence-corrected chi connectivity index (χ2v) is 3.85. The maximum absolute atomic E-state index is 12.9. The van der Waals surface area contributed by atoms with Crippen LogP contribution >= 0.6 is 0 Å². The van der Waals surface area contributed by atoms with E-state index in [2.05, 4.69) is 5.10 Å². The van der Waals surface area contributed by atoms with Crippen LogP contribution in [0.25, 0.3) is 0 Å². The lowest BCUT2D eigenvalue weighted by Gasteiger charge is -2.16. The minimum atomic E-state index is -4.39. The number of rotatable bonds is 1. The Morgan fingerprint density at radius 2 is 2.00 bits per heavy atom. The number of hydrogen-bond donors (Lipinski definition) is 0. The molecule has 2 nitrogen and oxygen atoms in total. The summed E-state index contributed by atoms with van der Waals surface area (Å²) in [5.74, 6) is -0.412. The zero-order chi connectivity index (χ0) is 12.6. The van der Waals surface area contributed by atoms with Crippen molar-refractivity contribution in [3.8, 4) is 0 Å². The molecule has 1 aliphatic rings. The fourth-order valence-corrected chi connectivity index (χ4v) is 1.74. The minimum Gasteiger partial charge on any atom is -0.265 e. The van der Waals surface area contributed by atoms with Crippen LogP contribution in [-0.2, 0) is 0 Å². The summed E-state index contributed by atoms with van der Waals surface area (Å²) in [5.41, 5.74) is 0.282. The largest absolute Gasteiger partial charge is 0.431 e. The second kappa shape index (κ2) is 4.01. The monoisotopic (exact) mass is 246 g/mol. The van der Waals surface area contributed by atoms with Gasteiger partial charge in [0, 0.05) is 13.0 Å². The van der Waals surface area contributed by atoms with Gasteiger partial charge in [-0.05, 0) is 30.7 Å². The topological polar surface area (TPSA) is 15.6 Å². The molecule has 0 fully saturated rings. The predicted molar refractivity (Wildman–Crippen MR) is 56.6 cm³/mol. The van der Waals surface area contributed by atoms with Gasteiger partial charge in [-0.1, -0.05) is 0 Å². The maximum atomic E-state index is 12.9. The van der Waals surface area contributed by atoms with Crippen molar-refractivity contribution in [3.05, 3.63) is 29.6 Å². The van der Waals surface area contributed by atoms with Crippen molar-refractivity contribution in [3.63, 3.8) is 0 Å². The Morgan fingerprint density at radius 1 is 1.29 bits per heavy atom. The predicted octanol–water partition coefficient (Wildman–Crippen LogP) is 3.26. The zero-order valence-corrected chi connectivity index (χ0v) is 9.05. The number of alkyl halides is 3. The van der Waals surface area contributed by atoms with Gasteiger partial charge in [-0.25, -0.2) is 4.39 Å². The Labute approximate surface area is 95.5 Å². The van der Waals surface area contributed by atoms with E-state index in [1.165, 1.54) is 23.2 Å². The molecule has 17 heavy (non-hydrogen) atoms. The Balaban J connectivity index is 2.29. The summed E-state index contributed by atoms with van der Waals surface area (Å²) in [4.78, 5) is 0. The van der Waals surface area contributed by atoms with E-state index >= 15 is 0 Å². The molecule has 1 aliphatic heterocycles. The molecule has 0 spiro atoms. The molecule has 0 atom stereocenters. The number of nitrogens with zero attached hydrogens (tertiary/aromatic N) is 2. The normalized spacial score (nSPS) is 16.3. The highest BCUT2D eigenvalue weighted by Crippen LogP contribution is 2.29. The SMILES string of the molecule is Cc1cc(F)ccc1N1CCC(C(F)(F)F)=N1. The van der Waals surface area contributed by atoms with Crippen molar-refractivity contribution < 1.29 is 17.6 Å². The van der Waals surface area contributed by atoms with Crippen LogP contribution in [0.5, 0.6) is 0 Å². The zero-order valence-electron chi connectivity index (χ0n) is 9.05. The first-order valence-corrected chi connectivity index (χ1v) is 5.06. The van der Waals surface area contributed by atoms with Gasteiger partial charge >= 0.3 is 6.18 Å². The van der Waals surface area contributed by atoms with Crippen molar-refractivity contribution in [1.82, 2.24) is 0 Å². The number of aryl methyl sites for hydroxylation is 1. The summed E-state index contributed by atoms with van der Waals surface area (Å²) >= 11 is 0. The van der Waals surface area contributed by atoms with Crippen molar-refractivity contribution in [1.29, 1.82) is 0 Å². The Kier molecular flexibility index (Phi) is 2.81. The summed E-state index contributed by atoms with van der Waals surface area (Å²) in [6.45, 7) is 1.81. The van der Waals surface area contributed by atoms with Crippen LogP contribution in [0.2, 0.25) is 0 Å². The van der Waals surface area contributed by atoms with Gasteiger partial charge in [0.1, 0.15) is 11.5 Å². The first kappa shape index (κ1) is 11.9. The van der Waals surface area contributed by atoms with Crippen LogP contribution in [0, 0.1) is 12.7 Å². The van der Waals surface area contributed by atoms with Gasteiger partial charge in [0.25, 0.3) is 0 Å². The first-order valence-electron chi connectivity index (χ1n) is 5.06. The summed E-state index contributed by atoms with van der Waals surface area (Å²) in [7, 11) is 0. The number of hydrogen-bond acceptors (Lipinski definition) is 2. The molecule has 1 aromatic carbocycles. The number of benzene rings is 1. The molecule has 0 saturated heterocycles. The number of anilines is 1. The summed E-state index contributed by atoms with van der Waals surface area (Å²) < 4.78 is 50.1. The molecule has 0 unspecified atom stereocenters. The Morgan fingerprint density at radius 3 is 2.53 bits per heavy atom. The molecule has 0 saturated carbocycles. The average Bonchev–Trinajstić information content (AvgIpc) is 2.65.